The smallest absolute Gasteiger partial charge is 0.330 e. The van der Waals surface area contributed by atoms with E-state index in [1.165, 1.54) is 13.8 Å². The number of hydrogen-bond donors (Lipinski definition) is 4. The Bertz CT molecular complexity index is 1280. The molecular weight excluding hydrogens is 549 g/mol. The van der Waals surface area contributed by atoms with Crippen LogP contribution >= 0.6 is 18.2 Å². The maximum absolute atomic E-state index is 12.4. The summed E-state index contributed by atoms with van der Waals surface area (Å²) in [6.07, 6.45) is -3.27. The Hall–Kier alpha value is -2.09. The fourth-order valence-corrected chi connectivity index (χ4v) is 6.17. The number of rotatable bonds is 10. The number of halogens is 1. The molecule has 12 nitrogen and oxygen atoms in total. The third-order valence-electron chi connectivity index (χ3n) is 5.38. The van der Waals surface area contributed by atoms with Crippen LogP contribution in [0.15, 0.2) is 46.1 Å². The number of nitrogens with one attached hydrogen (secondary N) is 2. The number of H-pyrrole nitrogens is 1. The Balaban J connectivity index is 1.83. The summed E-state index contributed by atoms with van der Waals surface area (Å²) in [4.78, 5) is 38.1. The number of carbonyl (C=O) groups is 1. The predicted octanol–water partition coefficient (Wildman–Crippen LogP) is 1.45. The Morgan fingerprint density at radius 3 is 2.62 bits per heavy atom. The number of benzene rings is 1. The molecule has 2 aromatic rings. The van der Waals surface area contributed by atoms with Crippen LogP contribution in [0.3, 0.4) is 0 Å². The van der Waals surface area contributed by atoms with Gasteiger partial charge in [-0.25, -0.2) is 9.88 Å². The van der Waals surface area contributed by atoms with E-state index in [0.717, 1.165) is 16.8 Å². The number of aliphatic hydroxyl groups is 2. The van der Waals surface area contributed by atoms with E-state index in [1.54, 1.807) is 38.1 Å². The van der Waals surface area contributed by atoms with Gasteiger partial charge in [0.2, 0.25) is 0 Å². The van der Waals surface area contributed by atoms with Gasteiger partial charge in [0.05, 0.1) is 17.7 Å². The van der Waals surface area contributed by atoms with Crippen LogP contribution < -0.4 is 20.9 Å². The molecule has 0 bridgehead atoms. The minimum Gasteiger partial charge on any atom is -0.462 e. The third-order valence-corrected chi connectivity index (χ3v) is 8.18. The lowest BCUT2D eigenvalue weighted by Crippen LogP contribution is -2.47. The van der Waals surface area contributed by atoms with E-state index in [4.69, 9.17) is 41.9 Å². The van der Waals surface area contributed by atoms with Crippen molar-refractivity contribution >= 4 is 36.0 Å². The Morgan fingerprint density at radius 1 is 1.32 bits per heavy atom. The van der Waals surface area contributed by atoms with Crippen LogP contribution in [0.2, 0.25) is 5.02 Å². The topological polar surface area (TPSA) is 161 Å². The number of ether oxygens (including phenoxy) is 2. The fraction of sp³-hybridized carbons (Fsp3) is 0.500. The second-order valence-electron chi connectivity index (χ2n) is 8.87. The van der Waals surface area contributed by atoms with Crippen molar-refractivity contribution in [3.8, 4) is 5.75 Å². The first-order valence-corrected chi connectivity index (χ1v) is 14.3. The zero-order valence-electron chi connectivity index (χ0n) is 20.5. The number of carbonyl (C=O) groups excluding carboxylic acids is 1. The highest BCUT2D eigenvalue weighted by atomic mass is 35.5. The van der Waals surface area contributed by atoms with Crippen molar-refractivity contribution < 1.29 is 33.5 Å². The van der Waals surface area contributed by atoms with Gasteiger partial charge in [0, 0.05) is 12.3 Å². The van der Waals surface area contributed by atoms with Crippen LogP contribution in [0.4, 0.5) is 0 Å². The average molecular weight is 578 g/mol. The summed E-state index contributed by atoms with van der Waals surface area (Å²) in [7, 11) is 0. The number of aromatic amines is 1. The van der Waals surface area contributed by atoms with Crippen LogP contribution in [-0.2, 0) is 30.6 Å². The number of nitrogens with zero attached hydrogens (tertiary/aromatic N) is 1. The molecule has 0 amide bonds. The number of hydrogen-bond acceptors (Lipinski definition) is 10. The Kier molecular flexibility index (Phi) is 9.36. The molecule has 0 aliphatic carbocycles. The predicted molar refractivity (Wildman–Crippen MR) is 138 cm³/mol. The normalized spacial score (nSPS) is 26.0. The highest BCUT2D eigenvalue weighted by Gasteiger charge is 2.54. The van der Waals surface area contributed by atoms with Crippen LogP contribution in [-0.4, -0.2) is 62.3 Å². The van der Waals surface area contributed by atoms with Gasteiger partial charge in [-0.2, -0.15) is 0 Å². The maximum atomic E-state index is 12.4. The first-order chi connectivity index (χ1) is 17.2. The molecule has 1 aromatic carbocycles. The molecule has 0 saturated carbocycles. The molecule has 6 atom stereocenters. The monoisotopic (exact) mass is 577 g/mol. The molecule has 0 spiro atoms. The van der Waals surface area contributed by atoms with Gasteiger partial charge in [-0.3, -0.25) is 19.1 Å². The molecule has 1 unspecified atom stereocenters. The van der Waals surface area contributed by atoms with Crippen molar-refractivity contribution in [2.24, 2.45) is 0 Å². The SMILES string of the molecule is CC(C)OC(=O)[C@H](C)NP(=S)(OC[C@H]1O[C@@H](n2ccc(=O)[nH]c2=O)[C@](C)(O)[C@@H]1O)Oc1ccccc1Cl. The van der Waals surface area contributed by atoms with E-state index in [0.29, 0.717) is 0 Å². The van der Waals surface area contributed by atoms with E-state index >= 15 is 0 Å². The molecule has 0 radical (unpaired) electrons. The van der Waals surface area contributed by atoms with Crippen LogP contribution in [0.25, 0.3) is 0 Å². The zero-order chi connectivity index (χ0) is 27.5. The summed E-state index contributed by atoms with van der Waals surface area (Å²) in [6, 6.07) is 6.66. The Morgan fingerprint density at radius 2 is 2.00 bits per heavy atom. The lowest BCUT2D eigenvalue weighted by atomic mass is 9.96. The molecule has 1 saturated heterocycles. The molecule has 37 heavy (non-hydrogen) atoms. The van der Waals surface area contributed by atoms with Gasteiger partial charge in [0.15, 0.2) is 6.23 Å². The standard InChI is InChI=1S/C22H29ClN3O9PS/c1-12(2)33-19(29)13(3)25-36(37,35-15-8-6-5-7-14(15)23)32-11-16-18(28)22(4,31)20(34-16)26-10-9-17(27)24-21(26)30/h5-10,12-13,16,18,20,28,31H,11H2,1-4H3,(H,25,37)(H,24,27,30)/t13-,16+,18+,20+,22+,36?/m0/s1. The lowest BCUT2D eigenvalue weighted by Gasteiger charge is -2.29. The second-order valence-corrected chi connectivity index (χ2v) is 12.4. The van der Waals surface area contributed by atoms with Gasteiger partial charge in [-0.1, -0.05) is 23.7 Å². The lowest BCUT2D eigenvalue weighted by molar-refractivity contribution is -0.149. The molecule has 15 heteroatoms. The van der Waals surface area contributed by atoms with E-state index in [9.17, 15) is 24.6 Å². The van der Waals surface area contributed by atoms with Gasteiger partial charge in [0.1, 0.15) is 29.6 Å². The minimum atomic E-state index is -3.54. The molecule has 4 N–H and O–H groups in total. The van der Waals surface area contributed by atoms with Crippen LogP contribution in [0.5, 0.6) is 5.75 Å². The van der Waals surface area contributed by atoms with Gasteiger partial charge in [-0.15, -0.1) is 0 Å². The quantitative estimate of drug-likeness (QED) is 0.239. The van der Waals surface area contributed by atoms with Crippen molar-refractivity contribution in [3.63, 3.8) is 0 Å². The van der Waals surface area contributed by atoms with Crippen molar-refractivity contribution in [2.45, 2.75) is 63.9 Å². The highest BCUT2D eigenvalue weighted by Crippen LogP contribution is 2.48. The number of aliphatic hydroxyl groups excluding tert-OH is 1. The first kappa shape index (κ1) is 29.5. The van der Waals surface area contributed by atoms with Crippen molar-refractivity contribution in [3.05, 3.63) is 62.4 Å². The van der Waals surface area contributed by atoms with E-state index < -0.39 is 60.5 Å². The molecule has 1 aliphatic heterocycles. The highest BCUT2D eigenvalue weighted by molar-refractivity contribution is 8.09. The van der Waals surface area contributed by atoms with Gasteiger partial charge < -0.3 is 28.7 Å². The van der Waals surface area contributed by atoms with Crippen LogP contribution in [0, 0.1) is 0 Å². The second kappa shape index (κ2) is 11.7. The van der Waals surface area contributed by atoms with Gasteiger partial charge in [-0.05, 0) is 51.6 Å². The summed E-state index contributed by atoms with van der Waals surface area (Å²) < 4.78 is 23.7. The third kappa shape index (κ3) is 7.06. The van der Waals surface area contributed by atoms with E-state index in [1.807, 2.05) is 0 Å². The Labute approximate surface area is 222 Å². The molecule has 2 heterocycles. The number of para-hydroxylation sites is 1. The zero-order valence-corrected chi connectivity index (χ0v) is 23.0. The summed E-state index contributed by atoms with van der Waals surface area (Å²) in [5, 5.41) is 24.8. The van der Waals surface area contributed by atoms with Crippen molar-refractivity contribution in [2.75, 3.05) is 6.61 Å². The summed E-state index contributed by atoms with van der Waals surface area (Å²) in [5.41, 5.74) is -3.41. The summed E-state index contributed by atoms with van der Waals surface area (Å²) in [5.74, 6) is -0.393. The molecule has 1 aliphatic rings. The maximum Gasteiger partial charge on any atom is 0.330 e. The number of aromatic nitrogens is 2. The number of esters is 1. The first-order valence-electron chi connectivity index (χ1n) is 11.3. The van der Waals surface area contributed by atoms with Crippen LogP contribution in [0.1, 0.15) is 33.9 Å². The molecule has 3 rings (SSSR count). The summed E-state index contributed by atoms with van der Waals surface area (Å²) in [6.45, 7) is 2.26. The van der Waals surface area contributed by atoms with Crippen molar-refractivity contribution in [1.82, 2.24) is 14.6 Å². The van der Waals surface area contributed by atoms with Crippen molar-refractivity contribution in [1.29, 1.82) is 0 Å². The average Bonchev–Trinajstić information content (AvgIpc) is 3.02. The summed E-state index contributed by atoms with van der Waals surface area (Å²) >= 11 is 11.9. The molecule has 204 valence electrons. The van der Waals surface area contributed by atoms with Gasteiger partial charge >= 0.3 is 18.3 Å². The van der Waals surface area contributed by atoms with E-state index in [2.05, 4.69) is 10.1 Å². The largest absolute Gasteiger partial charge is 0.462 e. The molecular formula is C22H29ClN3O9PS. The van der Waals surface area contributed by atoms with Gasteiger partial charge in [0.25, 0.3) is 5.56 Å². The minimum absolute atomic E-state index is 0.196. The van der Waals surface area contributed by atoms with E-state index in [-0.39, 0.29) is 16.9 Å². The molecule has 1 aromatic heterocycles. The fourth-order valence-electron chi connectivity index (χ4n) is 3.52. The molecule has 1 fully saturated rings.